The highest BCUT2D eigenvalue weighted by Gasteiger charge is 2.85. The molecule has 2 unspecified atom stereocenters. The van der Waals surface area contributed by atoms with Gasteiger partial charge in [-0.15, -0.1) is 0 Å². The van der Waals surface area contributed by atoms with Crippen LogP contribution in [0.5, 0.6) is 0 Å². The lowest BCUT2D eigenvalue weighted by atomic mass is 9.72. The molecule has 4 rings (SSSR count). The van der Waals surface area contributed by atoms with Crippen LogP contribution in [0.4, 0.5) is 0 Å². The van der Waals surface area contributed by atoms with Gasteiger partial charge in [0.15, 0.2) is 11.4 Å². The molecular weight excluding hydrogens is 344 g/mol. The summed E-state index contributed by atoms with van der Waals surface area (Å²) in [7, 11) is 0. The molecule has 3 aliphatic rings. The number of benzene rings is 1. The van der Waals surface area contributed by atoms with Gasteiger partial charge in [-0.1, -0.05) is 42.3 Å². The molecule has 0 N–H and O–H groups in total. The average Bonchev–Trinajstić information content (AvgIpc) is 3.38. The first-order chi connectivity index (χ1) is 12.9. The quantitative estimate of drug-likeness (QED) is 0.350. The number of ketones is 2. The first kappa shape index (κ1) is 18.1. The Morgan fingerprint density at radius 2 is 1.74 bits per heavy atom. The van der Waals surface area contributed by atoms with Gasteiger partial charge in [0.1, 0.15) is 6.10 Å². The Kier molecular flexibility index (Phi) is 4.30. The fraction of sp³-hybridized carbons (Fsp3) is 0.500. The summed E-state index contributed by atoms with van der Waals surface area (Å²) >= 11 is 0. The molecule has 1 saturated carbocycles. The van der Waals surface area contributed by atoms with E-state index in [0.29, 0.717) is 5.56 Å². The Labute approximate surface area is 158 Å². The zero-order valence-corrected chi connectivity index (χ0v) is 15.7. The normalized spacial score (nSPS) is 29.6. The van der Waals surface area contributed by atoms with Gasteiger partial charge >= 0.3 is 5.97 Å². The molecule has 0 bridgehead atoms. The summed E-state index contributed by atoms with van der Waals surface area (Å²) in [6.45, 7) is 3.81. The molecule has 1 aromatic carbocycles. The lowest BCUT2D eigenvalue weighted by molar-refractivity contribution is -0.155. The van der Waals surface area contributed by atoms with Crippen molar-refractivity contribution in [1.29, 1.82) is 0 Å². The maximum absolute atomic E-state index is 13.3. The SMILES string of the molecule is CC(C)=CCC12OC1(C(=O)OC1CCCCC1)C(=O)c1ccccc1C2=O. The third-order valence-electron chi connectivity index (χ3n) is 5.87. The number of allylic oxidation sites excluding steroid dienone is 1. The van der Waals surface area contributed by atoms with E-state index in [9.17, 15) is 14.4 Å². The van der Waals surface area contributed by atoms with Crippen LogP contribution in [0.2, 0.25) is 0 Å². The van der Waals surface area contributed by atoms with Crippen molar-refractivity contribution in [3.8, 4) is 0 Å². The van der Waals surface area contributed by atoms with E-state index in [2.05, 4.69) is 0 Å². The Morgan fingerprint density at radius 3 is 2.37 bits per heavy atom. The number of hydrogen-bond donors (Lipinski definition) is 0. The Bertz CT molecular complexity index is 844. The van der Waals surface area contributed by atoms with Gasteiger partial charge in [0.25, 0.3) is 5.60 Å². The summed E-state index contributed by atoms with van der Waals surface area (Å²) in [5.74, 6) is -1.47. The van der Waals surface area contributed by atoms with Gasteiger partial charge < -0.3 is 9.47 Å². The number of rotatable bonds is 4. The molecule has 1 heterocycles. The highest BCUT2D eigenvalue weighted by atomic mass is 16.7. The number of epoxide rings is 1. The van der Waals surface area contributed by atoms with Crippen molar-refractivity contribution >= 4 is 17.5 Å². The zero-order chi connectivity index (χ0) is 19.2. The molecule has 2 fully saturated rings. The fourth-order valence-electron chi connectivity index (χ4n) is 4.30. The van der Waals surface area contributed by atoms with Crippen molar-refractivity contribution in [2.45, 2.75) is 69.7 Å². The predicted molar refractivity (Wildman–Crippen MR) is 98.7 cm³/mol. The molecule has 1 aliphatic heterocycles. The van der Waals surface area contributed by atoms with Gasteiger partial charge in [0, 0.05) is 17.5 Å². The number of carbonyl (C=O) groups excluding carboxylic acids is 3. The van der Waals surface area contributed by atoms with Gasteiger partial charge in [0.05, 0.1) is 0 Å². The molecule has 1 aromatic rings. The van der Waals surface area contributed by atoms with E-state index in [1.54, 1.807) is 24.3 Å². The minimum atomic E-state index is -1.83. The molecule has 2 aliphatic carbocycles. The van der Waals surface area contributed by atoms with Crippen LogP contribution in [0, 0.1) is 0 Å². The Balaban J connectivity index is 1.73. The molecule has 0 spiro atoms. The van der Waals surface area contributed by atoms with Gasteiger partial charge in [-0.25, -0.2) is 4.79 Å². The van der Waals surface area contributed by atoms with E-state index in [-0.39, 0.29) is 23.9 Å². The summed E-state index contributed by atoms with van der Waals surface area (Å²) in [6, 6.07) is 6.61. The minimum Gasteiger partial charge on any atom is -0.460 e. The third-order valence-corrected chi connectivity index (χ3v) is 5.87. The van der Waals surface area contributed by atoms with E-state index < -0.39 is 23.0 Å². The van der Waals surface area contributed by atoms with Crippen molar-refractivity contribution in [3.63, 3.8) is 0 Å². The van der Waals surface area contributed by atoms with Crippen LogP contribution in [-0.2, 0) is 14.3 Å². The molecule has 0 aromatic heterocycles. The molecule has 5 heteroatoms. The van der Waals surface area contributed by atoms with Crippen molar-refractivity contribution in [3.05, 3.63) is 47.0 Å². The number of fused-ring (bicyclic) bond motifs is 2. The minimum absolute atomic E-state index is 0.188. The van der Waals surface area contributed by atoms with Crippen molar-refractivity contribution in [2.75, 3.05) is 0 Å². The smallest absolute Gasteiger partial charge is 0.350 e. The van der Waals surface area contributed by atoms with Crippen LogP contribution in [0.1, 0.15) is 73.1 Å². The zero-order valence-electron chi connectivity index (χ0n) is 15.7. The summed E-state index contributed by atoms with van der Waals surface area (Å²) in [4.78, 5) is 39.6. The standard InChI is InChI=1S/C22H24O5/c1-14(2)12-13-21-18(23)16-10-6-7-11-17(16)19(24)22(21,27-21)20(25)26-15-8-4-3-5-9-15/h6-7,10-12,15H,3-5,8-9,13H2,1-2H3. The van der Waals surface area contributed by atoms with Crippen LogP contribution in [0.25, 0.3) is 0 Å². The second-order valence-corrected chi connectivity index (χ2v) is 7.97. The monoisotopic (exact) mass is 368 g/mol. The van der Waals surface area contributed by atoms with Crippen molar-refractivity contribution in [1.82, 2.24) is 0 Å². The van der Waals surface area contributed by atoms with E-state index in [4.69, 9.17) is 9.47 Å². The molecule has 142 valence electrons. The van der Waals surface area contributed by atoms with Crippen LogP contribution >= 0.6 is 0 Å². The average molecular weight is 368 g/mol. The van der Waals surface area contributed by atoms with E-state index in [1.165, 1.54) is 0 Å². The second-order valence-electron chi connectivity index (χ2n) is 7.97. The lowest BCUT2D eigenvalue weighted by Gasteiger charge is -2.27. The number of carbonyl (C=O) groups is 3. The Hall–Kier alpha value is -2.27. The van der Waals surface area contributed by atoms with Gasteiger partial charge in [-0.2, -0.15) is 0 Å². The first-order valence-electron chi connectivity index (χ1n) is 9.65. The third kappa shape index (κ3) is 2.59. The van der Waals surface area contributed by atoms with E-state index in [1.807, 2.05) is 19.9 Å². The highest BCUT2D eigenvalue weighted by molar-refractivity contribution is 6.32. The second kappa shape index (κ2) is 6.41. The van der Waals surface area contributed by atoms with E-state index in [0.717, 1.165) is 37.7 Å². The predicted octanol–water partition coefficient (Wildman–Crippen LogP) is 3.81. The molecule has 27 heavy (non-hydrogen) atoms. The maximum Gasteiger partial charge on any atom is 0.350 e. The van der Waals surface area contributed by atoms with Crippen LogP contribution in [-0.4, -0.2) is 34.8 Å². The van der Waals surface area contributed by atoms with E-state index >= 15 is 0 Å². The summed E-state index contributed by atoms with van der Waals surface area (Å²) < 4.78 is 11.5. The lowest BCUT2D eigenvalue weighted by Crippen LogP contribution is -2.51. The number of hydrogen-bond acceptors (Lipinski definition) is 5. The largest absolute Gasteiger partial charge is 0.460 e. The Morgan fingerprint density at radius 1 is 1.11 bits per heavy atom. The molecular formula is C22H24O5. The van der Waals surface area contributed by atoms with Crippen LogP contribution < -0.4 is 0 Å². The molecule has 1 saturated heterocycles. The number of ether oxygens (including phenoxy) is 2. The van der Waals surface area contributed by atoms with Crippen LogP contribution in [0.3, 0.4) is 0 Å². The fourth-order valence-corrected chi connectivity index (χ4v) is 4.30. The summed E-state index contributed by atoms with van der Waals surface area (Å²) in [5.41, 5.74) is -1.74. The maximum atomic E-state index is 13.3. The first-order valence-corrected chi connectivity index (χ1v) is 9.65. The van der Waals surface area contributed by atoms with Gasteiger partial charge in [0.2, 0.25) is 5.78 Å². The van der Waals surface area contributed by atoms with Gasteiger partial charge in [-0.3, -0.25) is 9.59 Å². The van der Waals surface area contributed by atoms with Crippen LogP contribution in [0.15, 0.2) is 35.9 Å². The molecule has 5 nitrogen and oxygen atoms in total. The molecule has 0 radical (unpaired) electrons. The molecule has 0 amide bonds. The summed E-state index contributed by atoms with van der Waals surface area (Å²) in [6.07, 6.45) is 6.55. The number of Topliss-reactive ketones (excluding diaryl/α,β-unsaturated/α-hetero) is 2. The van der Waals surface area contributed by atoms with Gasteiger partial charge in [-0.05, 0) is 39.5 Å². The highest BCUT2D eigenvalue weighted by Crippen LogP contribution is 2.58. The number of esters is 1. The summed E-state index contributed by atoms with van der Waals surface area (Å²) in [5, 5.41) is 0. The topological polar surface area (TPSA) is 73.0 Å². The van der Waals surface area contributed by atoms with Crippen molar-refractivity contribution < 1.29 is 23.9 Å². The molecule has 2 atom stereocenters. The van der Waals surface area contributed by atoms with Crippen molar-refractivity contribution in [2.24, 2.45) is 0 Å².